The molecule has 3 nitrogen and oxygen atoms in total. The van der Waals surface area contributed by atoms with E-state index in [0.717, 1.165) is 36.1 Å². The van der Waals surface area contributed by atoms with E-state index >= 15 is 0 Å². The highest BCUT2D eigenvalue weighted by Crippen LogP contribution is 2.46. The molecule has 0 saturated carbocycles. The van der Waals surface area contributed by atoms with Crippen LogP contribution in [0, 0.1) is 5.92 Å². The summed E-state index contributed by atoms with van der Waals surface area (Å²) in [5.74, 6) is 1.66. The third-order valence-electron chi connectivity index (χ3n) is 6.00. The van der Waals surface area contributed by atoms with Crippen molar-refractivity contribution >= 4 is 11.9 Å². The van der Waals surface area contributed by atoms with Gasteiger partial charge in [-0.1, -0.05) is 60.7 Å². The van der Waals surface area contributed by atoms with E-state index in [1.807, 2.05) is 55.3 Å². The van der Waals surface area contributed by atoms with Gasteiger partial charge in [0.15, 0.2) is 11.5 Å². The summed E-state index contributed by atoms with van der Waals surface area (Å²) in [6.07, 6.45) is 3.69. The van der Waals surface area contributed by atoms with E-state index in [1.54, 1.807) is 0 Å². The third-order valence-corrected chi connectivity index (χ3v) is 7.09. The molecule has 2 aliphatic rings. The van der Waals surface area contributed by atoms with Crippen LogP contribution in [0.15, 0.2) is 83.8 Å². The number of benzene rings is 3. The fourth-order valence-corrected chi connectivity index (χ4v) is 5.29. The Morgan fingerprint density at radius 2 is 1.53 bits per heavy atom. The average Bonchev–Trinajstić information content (AvgIpc) is 3.13. The van der Waals surface area contributed by atoms with Gasteiger partial charge in [0, 0.05) is 30.5 Å². The van der Waals surface area contributed by atoms with Crippen molar-refractivity contribution in [3.05, 3.63) is 90.0 Å². The quantitative estimate of drug-likeness (QED) is 0.455. The molecular weight excluding hydrogens is 390 g/mol. The van der Waals surface area contributed by atoms with Crippen LogP contribution >= 0.6 is 11.9 Å². The highest BCUT2D eigenvalue weighted by molar-refractivity contribution is 7.97. The van der Waals surface area contributed by atoms with Crippen LogP contribution in [0.1, 0.15) is 30.9 Å². The zero-order valence-corrected chi connectivity index (χ0v) is 18.1. The smallest absolute Gasteiger partial charge is 0.275 e. The predicted octanol–water partition coefficient (Wildman–Crippen LogP) is 6.29. The molecule has 5 rings (SSSR count). The average molecular weight is 418 g/mol. The molecule has 1 unspecified atom stereocenters. The molecule has 0 radical (unpaired) electrons. The number of fused-ring (bicyclic) bond motifs is 1. The van der Waals surface area contributed by atoms with Crippen LogP contribution in [0.4, 0.5) is 0 Å². The number of ether oxygens (including phenoxy) is 2. The summed E-state index contributed by atoms with van der Waals surface area (Å²) in [5, 5.41) is 0. The van der Waals surface area contributed by atoms with Gasteiger partial charge in [-0.25, -0.2) is 4.31 Å². The molecule has 0 spiro atoms. The molecule has 3 aromatic carbocycles. The second-order valence-electron chi connectivity index (χ2n) is 8.28. The Labute approximate surface area is 183 Å². The highest BCUT2D eigenvalue weighted by atomic mass is 32.2. The molecular formula is C26H27NO2S. The van der Waals surface area contributed by atoms with Gasteiger partial charge in [0.1, 0.15) is 0 Å². The highest BCUT2D eigenvalue weighted by Gasteiger charge is 2.38. The summed E-state index contributed by atoms with van der Waals surface area (Å²) in [6, 6.07) is 27.3. The molecule has 3 aromatic rings. The van der Waals surface area contributed by atoms with Gasteiger partial charge in [0.25, 0.3) is 5.79 Å². The molecule has 30 heavy (non-hydrogen) atoms. The number of piperidine rings is 1. The van der Waals surface area contributed by atoms with Crippen LogP contribution in [0.25, 0.3) is 0 Å². The molecule has 2 aliphatic heterocycles. The molecule has 0 aliphatic carbocycles. The van der Waals surface area contributed by atoms with Gasteiger partial charge in [-0.3, -0.25) is 0 Å². The molecule has 0 N–H and O–H groups in total. The largest absolute Gasteiger partial charge is 0.445 e. The van der Waals surface area contributed by atoms with Crippen molar-refractivity contribution in [3.63, 3.8) is 0 Å². The Kier molecular flexibility index (Phi) is 5.45. The standard InChI is InChI=1S/C26H27NO2S/c1-26(22-10-6-3-7-11-22)28-24-13-12-23(19-25(24)29-26)30-27-16-14-21(15-17-27)18-20-8-4-2-5-9-20/h2-13,19,21H,14-18H2,1H3. The molecule has 2 heterocycles. The van der Waals surface area contributed by atoms with Gasteiger partial charge in [-0.2, -0.15) is 0 Å². The summed E-state index contributed by atoms with van der Waals surface area (Å²) in [7, 11) is 0. The Morgan fingerprint density at radius 3 is 2.27 bits per heavy atom. The summed E-state index contributed by atoms with van der Waals surface area (Å²) in [5.41, 5.74) is 2.48. The molecule has 0 amide bonds. The fraction of sp³-hybridized carbons (Fsp3) is 0.308. The second-order valence-corrected chi connectivity index (χ2v) is 9.45. The topological polar surface area (TPSA) is 21.7 Å². The number of hydrogen-bond donors (Lipinski definition) is 0. The summed E-state index contributed by atoms with van der Waals surface area (Å²) in [4.78, 5) is 1.20. The van der Waals surface area contributed by atoms with E-state index < -0.39 is 5.79 Å². The first-order chi connectivity index (χ1) is 14.7. The van der Waals surface area contributed by atoms with Crippen molar-refractivity contribution in [1.82, 2.24) is 4.31 Å². The first-order valence-corrected chi connectivity index (χ1v) is 11.5. The van der Waals surface area contributed by atoms with Crippen LogP contribution in [-0.2, 0) is 12.2 Å². The van der Waals surface area contributed by atoms with Crippen LogP contribution in [0.5, 0.6) is 11.5 Å². The lowest BCUT2D eigenvalue weighted by Gasteiger charge is -2.31. The minimum Gasteiger partial charge on any atom is -0.445 e. The maximum absolute atomic E-state index is 6.24. The molecule has 0 aromatic heterocycles. The van der Waals surface area contributed by atoms with Gasteiger partial charge in [0.2, 0.25) is 0 Å². The summed E-state index contributed by atoms with van der Waals surface area (Å²) < 4.78 is 14.9. The minimum atomic E-state index is -0.761. The lowest BCUT2D eigenvalue weighted by molar-refractivity contribution is -0.0680. The third kappa shape index (κ3) is 4.21. The molecule has 154 valence electrons. The monoisotopic (exact) mass is 417 g/mol. The van der Waals surface area contributed by atoms with Gasteiger partial charge < -0.3 is 9.47 Å². The van der Waals surface area contributed by atoms with Crippen LogP contribution in [-0.4, -0.2) is 17.4 Å². The maximum atomic E-state index is 6.24. The zero-order valence-electron chi connectivity index (χ0n) is 17.3. The first kappa shape index (κ1) is 19.5. The van der Waals surface area contributed by atoms with Crippen molar-refractivity contribution in [2.45, 2.75) is 36.9 Å². The Morgan fingerprint density at radius 1 is 0.867 bits per heavy atom. The lowest BCUT2D eigenvalue weighted by Crippen LogP contribution is -2.31. The van der Waals surface area contributed by atoms with Gasteiger partial charge >= 0.3 is 0 Å². The van der Waals surface area contributed by atoms with E-state index in [-0.39, 0.29) is 0 Å². The van der Waals surface area contributed by atoms with Crippen molar-refractivity contribution < 1.29 is 9.47 Å². The second kappa shape index (κ2) is 8.37. The fourth-order valence-electron chi connectivity index (χ4n) is 4.31. The summed E-state index contributed by atoms with van der Waals surface area (Å²) in [6.45, 7) is 4.23. The van der Waals surface area contributed by atoms with Crippen molar-refractivity contribution in [2.75, 3.05) is 13.1 Å². The van der Waals surface area contributed by atoms with E-state index in [2.05, 4.69) is 46.8 Å². The van der Waals surface area contributed by atoms with Gasteiger partial charge in [0.05, 0.1) is 0 Å². The number of rotatable bonds is 5. The van der Waals surface area contributed by atoms with E-state index in [9.17, 15) is 0 Å². The minimum absolute atomic E-state index is 0.761. The molecule has 1 atom stereocenters. The number of hydrogen-bond acceptors (Lipinski definition) is 4. The summed E-state index contributed by atoms with van der Waals surface area (Å²) >= 11 is 1.83. The van der Waals surface area contributed by atoms with Crippen LogP contribution in [0.3, 0.4) is 0 Å². The van der Waals surface area contributed by atoms with Crippen molar-refractivity contribution in [3.8, 4) is 11.5 Å². The molecule has 4 heteroatoms. The van der Waals surface area contributed by atoms with Gasteiger partial charge in [-0.15, -0.1) is 0 Å². The Bertz CT molecular complexity index is 986. The molecule has 1 fully saturated rings. The molecule has 1 saturated heterocycles. The van der Waals surface area contributed by atoms with Crippen molar-refractivity contribution in [2.24, 2.45) is 5.92 Å². The molecule has 0 bridgehead atoms. The lowest BCUT2D eigenvalue weighted by atomic mass is 9.91. The predicted molar refractivity (Wildman–Crippen MR) is 122 cm³/mol. The Balaban J connectivity index is 1.19. The van der Waals surface area contributed by atoms with Crippen molar-refractivity contribution in [1.29, 1.82) is 0 Å². The van der Waals surface area contributed by atoms with Crippen LogP contribution < -0.4 is 9.47 Å². The van der Waals surface area contributed by atoms with E-state index in [1.165, 1.54) is 29.7 Å². The van der Waals surface area contributed by atoms with Crippen LogP contribution in [0.2, 0.25) is 0 Å². The SMILES string of the molecule is CC1(c2ccccc2)Oc2ccc(SN3CCC(Cc4ccccc4)CC3)cc2O1. The number of nitrogens with zero attached hydrogens (tertiary/aromatic N) is 1. The Hall–Kier alpha value is -2.43. The zero-order chi connectivity index (χ0) is 20.4. The van der Waals surface area contributed by atoms with E-state index in [4.69, 9.17) is 9.47 Å². The first-order valence-electron chi connectivity index (χ1n) is 10.7. The normalized spacial score (nSPS) is 21.6. The van der Waals surface area contributed by atoms with E-state index in [0.29, 0.717) is 0 Å². The van der Waals surface area contributed by atoms with Gasteiger partial charge in [-0.05, 0) is 60.9 Å². The maximum Gasteiger partial charge on any atom is 0.275 e.